The van der Waals surface area contributed by atoms with E-state index in [9.17, 15) is 0 Å². The molecule has 0 atom stereocenters. The lowest BCUT2D eigenvalue weighted by Crippen LogP contribution is -2.42. The van der Waals surface area contributed by atoms with E-state index in [2.05, 4.69) is 47.6 Å². The van der Waals surface area contributed by atoms with Crippen LogP contribution in [0.2, 0.25) is 0 Å². The van der Waals surface area contributed by atoms with Gasteiger partial charge in [-0.3, -0.25) is 0 Å². The Hall–Kier alpha value is -3.26. The molecular weight excluding hydrogens is 508 g/mol. The number of hydrogen-bond donors (Lipinski definition) is 0. The molecule has 3 aromatic rings. The Morgan fingerprint density at radius 3 is 2.42 bits per heavy atom. The SMILES string of the molecule is CC(C)N1CCOc2c(F)cc(-c3nc(Cc4ccc(N5CCC(N(C)C)CC5)c(F)c4)ncc3C3CC3)cc21. The van der Waals surface area contributed by atoms with Gasteiger partial charge in [0.25, 0.3) is 0 Å². The van der Waals surface area contributed by atoms with Crippen molar-refractivity contribution in [2.75, 3.05) is 50.1 Å². The molecule has 8 heteroatoms. The molecule has 1 saturated carbocycles. The number of anilines is 2. The number of piperidine rings is 1. The monoisotopic (exact) mass is 547 g/mol. The zero-order valence-electron chi connectivity index (χ0n) is 24.0. The van der Waals surface area contributed by atoms with Crippen molar-refractivity contribution < 1.29 is 13.5 Å². The summed E-state index contributed by atoms with van der Waals surface area (Å²) in [5, 5.41) is 0. The fourth-order valence-electron chi connectivity index (χ4n) is 6.13. The van der Waals surface area contributed by atoms with E-state index in [-0.39, 0.29) is 17.7 Å². The quantitative estimate of drug-likeness (QED) is 0.360. The number of ether oxygens (including phenoxy) is 1. The molecule has 1 aliphatic carbocycles. The second-order valence-electron chi connectivity index (χ2n) is 12.0. The van der Waals surface area contributed by atoms with Gasteiger partial charge >= 0.3 is 0 Å². The van der Waals surface area contributed by atoms with Gasteiger partial charge in [-0.2, -0.15) is 0 Å². The van der Waals surface area contributed by atoms with Crippen LogP contribution in [0.15, 0.2) is 36.5 Å². The molecule has 2 aliphatic heterocycles. The molecule has 212 valence electrons. The fraction of sp³-hybridized carbons (Fsp3) is 0.500. The standard InChI is InChI=1S/C32H39F2N5O/c1-20(2)39-13-14-40-32-27(34)17-23(18-29(32)39)31-25(22-6-7-22)19-35-30(36-31)16-21-5-8-28(26(33)15-21)38-11-9-24(10-12-38)37(3)4/h5,8,15,17-20,22,24H,6-7,9-14,16H2,1-4H3. The summed E-state index contributed by atoms with van der Waals surface area (Å²) in [6.45, 7) is 7.10. The summed E-state index contributed by atoms with van der Waals surface area (Å²) < 4.78 is 36.3. The molecule has 40 heavy (non-hydrogen) atoms. The lowest BCUT2D eigenvalue weighted by Gasteiger charge is -2.36. The highest BCUT2D eigenvalue weighted by molar-refractivity contribution is 5.74. The average molecular weight is 548 g/mol. The first-order valence-corrected chi connectivity index (χ1v) is 14.6. The van der Waals surface area contributed by atoms with Crippen LogP contribution in [0.1, 0.15) is 62.4 Å². The number of nitrogens with zero attached hydrogens (tertiary/aromatic N) is 5. The van der Waals surface area contributed by atoms with Crippen LogP contribution in [0.4, 0.5) is 20.2 Å². The van der Waals surface area contributed by atoms with Gasteiger partial charge in [0.2, 0.25) is 0 Å². The van der Waals surface area contributed by atoms with Crippen LogP contribution in [0, 0.1) is 11.6 Å². The highest BCUT2D eigenvalue weighted by Gasteiger charge is 2.30. The largest absolute Gasteiger partial charge is 0.486 e. The molecule has 0 radical (unpaired) electrons. The summed E-state index contributed by atoms with van der Waals surface area (Å²) in [5.41, 5.74) is 4.81. The minimum atomic E-state index is -0.368. The Morgan fingerprint density at radius 1 is 0.975 bits per heavy atom. The van der Waals surface area contributed by atoms with Gasteiger partial charge in [0.1, 0.15) is 18.2 Å². The average Bonchev–Trinajstić information content (AvgIpc) is 3.78. The van der Waals surface area contributed by atoms with E-state index >= 15 is 8.78 Å². The zero-order chi connectivity index (χ0) is 28.0. The normalized spacial score (nSPS) is 17.9. The maximum atomic E-state index is 15.3. The number of aromatic nitrogens is 2. The predicted molar refractivity (Wildman–Crippen MR) is 156 cm³/mol. The van der Waals surface area contributed by atoms with Crippen LogP contribution >= 0.6 is 0 Å². The summed E-state index contributed by atoms with van der Waals surface area (Å²) >= 11 is 0. The third-order valence-corrected chi connectivity index (χ3v) is 8.60. The van der Waals surface area contributed by atoms with E-state index < -0.39 is 0 Å². The first-order chi connectivity index (χ1) is 19.3. The van der Waals surface area contributed by atoms with Crippen molar-refractivity contribution in [1.82, 2.24) is 14.9 Å². The van der Waals surface area contributed by atoms with Gasteiger partial charge in [-0.1, -0.05) is 6.07 Å². The van der Waals surface area contributed by atoms with E-state index in [0.717, 1.165) is 66.8 Å². The molecule has 0 amide bonds. The third kappa shape index (κ3) is 5.38. The maximum Gasteiger partial charge on any atom is 0.178 e. The van der Waals surface area contributed by atoms with Crippen LogP contribution in [-0.4, -0.2) is 67.3 Å². The first kappa shape index (κ1) is 26.9. The second-order valence-corrected chi connectivity index (χ2v) is 12.0. The number of hydrogen-bond acceptors (Lipinski definition) is 6. The van der Waals surface area contributed by atoms with Gasteiger partial charge in [0, 0.05) is 43.4 Å². The summed E-state index contributed by atoms with van der Waals surface area (Å²) in [6, 6.07) is 9.79. The summed E-state index contributed by atoms with van der Waals surface area (Å²) in [6.07, 6.45) is 6.53. The zero-order valence-corrected chi connectivity index (χ0v) is 24.0. The highest BCUT2D eigenvalue weighted by atomic mass is 19.1. The fourth-order valence-corrected chi connectivity index (χ4v) is 6.13. The molecule has 6 nitrogen and oxygen atoms in total. The number of halogens is 2. The summed E-state index contributed by atoms with van der Waals surface area (Å²) in [5.74, 6) is 0.739. The van der Waals surface area contributed by atoms with Crippen molar-refractivity contribution in [3.05, 3.63) is 65.1 Å². The van der Waals surface area contributed by atoms with Gasteiger partial charge in [-0.15, -0.1) is 0 Å². The highest BCUT2D eigenvalue weighted by Crippen LogP contribution is 2.45. The number of rotatable bonds is 7. The molecule has 2 aromatic carbocycles. The Kier molecular flexibility index (Phi) is 7.38. The second kappa shape index (κ2) is 11.0. The van der Waals surface area contributed by atoms with Crippen LogP contribution in [0.3, 0.4) is 0 Å². The van der Waals surface area contributed by atoms with Crippen molar-refractivity contribution in [2.45, 2.75) is 64.0 Å². The number of benzene rings is 2. The van der Waals surface area contributed by atoms with E-state index in [1.807, 2.05) is 24.4 Å². The van der Waals surface area contributed by atoms with Crippen LogP contribution in [-0.2, 0) is 6.42 Å². The van der Waals surface area contributed by atoms with Gasteiger partial charge < -0.3 is 19.4 Å². The predicted octanol–water partition coefficient (Wildman–Crippen LogP) is 6.03. The summed E-state index contributed by atoms with van der Waals surface area (Å²) in [7, 11) is 4.22. The van der Waals surface area contributed by atoms with Crippen molar-refractivity contribution in [3.8, 4) is 17.0 Å². The molecule has 0 spiro atoms. The molecule has 0 bridgehead atoms. The van der Waals surface area contributed by atoms with E-state index in [1.54, 1.807) is 6.07 Å². The minimum Gasteiger partial charge on any atom is -0.486 e. The molecule has 0 unspecified atom stereocenters. The van der Waals surface area contributed by atoms with Crippen molar-refractivity contribution in [2.24, 2.45) is 0 Å². The van der Waals surface area contributed by atoms with Crippen molar-refractivity contribution >= 4 is 11.4 Å². The third-order valence-electron chi connectivity index (χ3n) is 8.60. The molecule has 6 rings (SSSR count). The molecule has 2 fully saturated rings. The molecule has 1 saturated heterocycles. The van der Waals surface area contributed by atoms with Crippen molar-refractivity contribution in [3.63, 3.8) is 0 Å². The van der Waals surface area contributed by atoms with E-state index in [4.69, 9.17) is 9.72 Å². The van der Waals surface area contributed by atoms with Crippen LogP contribution < -0.4 is 14.5 Å². The topological polar surface area (TPSA) is 44.7 Å². The Bertz CT molecular complexity index is 1380. The van der Waals surface area contributed by atoms with Crippen LogP contribution in [0.25, 0.3) is 11.3 Å². The summed E-state index contributed by atoms with van der Waals surface area (Å²) in [4.78, 5) is 16.2. The Balaban J connectivity index is 1.27. The van der Waals surface area contributed by atoms with Gasteiger partial charge in [-0.05, 0) is 94.9 Å². The van der Waals surface area contributed by atoms with E-state index in [1.165, 1.54) is 6.07 Å². The molecule has 1 aromatic heterocycles. The molecule has 3 aliphatic rings. The first-order valence-electron chi connectivity index (χ1n) is 14.6. The van der Waals surface area contributed by atoms with E-state index in [0.29, 0.717) is 48.8 Å². The molecule has 0 N–H and O–H groups in total. The van der Waals surface area contributed by atoms with Crippen LogP contribution in [0.5, 0.6) is 5.75 Å². The van der Waals surface area contributed by atoms with Gasteiger partial charge in [0.15, 0.2) is 11.6 Å². The lowest BCUT2D eigenvalue weighted by molar-refractivity contribution is 0.249. The maximum absolute atomic E-state index is 15.3. The Morgan fingerprint density at radius 2 is 1.75 bits per heavy atom. The van der Waals surface area contributed by atoms with Crippen molar-refractivity contribution in [1.29, 1.82) is 0 Å². The van der Waals surface area contributed by atoms with Gasteiger partial charge in [-0.25, -0.2) is 18.7 Å². The number of fused-ring (bicyclic) bond motifs is 1. The smallest absolute Gasteiger partial charge is 0.178 e. The minimum absolute atomic E-state index is 0.207. The lowest BCUT2D eigenvalue weighted by atomic mass is 10.0. The molecular formula is C32H39F2N5O. The van der Waals surface area contributed by atoms with Gasteiger partial charge in [0.05, 0.1) is 23.6 Å². The molecule has 3 heterocycles. The Labute approximate surface area is 236 Å².